The van der Waals surface area contributed by atoms with Crippen molar-refractivity contribution in [2.45, 2.75) is 19.3 Å². The fourth-order valence-electron chi connectivity index (χ4n) is 1.35. The van der Waals surface area contributed by atoms with Crippen molar-refractivity contribution in [2.24, 2.45) is 0 Å². The van der Waals surface area contributed by atoms with Crippen LogP contribution in [0.25, 0.3) is 0 Å². The molecule has 1 aromatic rings. The average molecular weight is 315 g/mol. The summed E-state index contributed by atoms with van der Waals surface area (Å²) in [5.74, 6) is -0.537. The van der Waals surface area contributed by atoms with E-state index in [0.717, 1.165) is 0 Å². The SMILES string of the molecule is O=S(=O)(Cl)CCCCCOc1c(F)cccc1Cl. The van der Waals surface area contributed by atoms with Gasteiger partial charge in [-0.1, -0.05) is 17.7 Å². The third-order valence-corrected chi connectivity index (χ3v) is 3.73. The Labute approximate surface area is 115 Å². The van der Waals surface area contributed by atoms with Gasteiger partial charge in [0.05, 0.1) is 17.4 Å². The minimum atomic E-state index is -3.43. The van der Waals surface area contributed by atoms with Gasteiger partial charge in [-0.25, -0.2) is 12.8 Å². The Hall–Kier alpha value is -0.520. The van der Waals surface area contributed by atoms with Gasteiger partial charge >= 0.3 is 0 Å². The molecule has 0 fully saturated rings. The summed E-state index contributed by atoms with van der Waals surface area (Å²) in [6, 6.07) is 4.30. The number of hydrogen-bond donors (Lipinski definition) is 0. The highest BCUT2D eigenvalue weighted by molar-refractivity contribution is 8.13. The summed E-state index contributed by atoms with van der Waals surface area (Å²) in [4.78, 5) is 0. The second-order valence-corrected chi connectivity index (χ2v) is 7.01. The van der Waals surface area contributed by atoms with E-state index in [1.54, 1.807) is 6.07 Å². The zero-order chi connectivity index (χ0) is 13.6. The highest BCUT2D eigenvalue weighted by atomic mass is 35.7. The fourth-order valence-corrected chi connectivity index (χ4v) is 2.44. The molecule has 0 amide bonds. The standard InChI is InChI=1S/C11H13Cl2FO3S/c12-9-5-4-6-10(14)11(9)17-7-2-1-3-8-18(13,15)16/h4-6H,1-3,7-8H2. The lowest BCUT2D eigenvalue weighted by Gasteiger charge is -2.08. The summed E-state index contributed by atoms with van der Waals surface area (Å²) in [5.41, 5.74) is 0. The molecule has 7 heteroatoms. The molecule has 0 N–H and O–H groups in total. The lowest BCUT2D eigenvalue weighted by Crippen LogP contribution is -2.02. The molecule has 0 aliphatic rings. The van der Waals surface area contributed by atoms with E-state index in [2.05, 4.69) is 0 Å². The number of benzene rings is 1. The Kier molecular flexibility index (Phi) is 6.18. The van der Waals surface area contributed by atoms with Gasteiger partial charge in [0, 0.05) is 10.7 Å². The van der Waals surface area contributed by atoms with Crippen molar-refractivity contribution in [3.63, 3.8) is 0 Å². The van der Waals surface area contributed by atoms with E-state index >= 15 is 0 Å². The van der Waals surface area contributed by atoms with Crippen LogP contribution in [0.15, 0.2) is 18.2 Å². The summed E-state index contributed by atoms with van der Waals surface area (Å²) in [6.45, 7) is 0.281. The number of hydrogen-bond acceptors (Lipinski definition) is 3. The van der Waals surface area contributed by atoms with E-state index in [0.29, 0.717) is 19.3 Å². The smallest absolute Gasteiger partial charge is 0.232 e. The molecular weight excluding hydrogens is 302 g/mol. The molecule has 0 heterocycles. The third-order valence-electron chi connectivity index (χ3n) is 2.20. The second kappa shape index (κ2) is 7.16. The normalized spacial score (nSPS) is 11.5. The molecular formula is C11H13Cl2FO3S. The van der Waals surface area contributed by atoms with Gasteiger partial charge in [0.25, 0.3) is 0 Å². The average Bonchev–Trinajstić information content (AvgIpc) is 2.25. The molecule has 1 rings (SSSR count). The van der Waals surface area contributed by atoms with Crippen LogP contribution in [-0.4, -0.2) is 20.8 Å². The predicted octanol–water partition coefficient (Wildman–Crippen LogP) is 3.60. The molecule has 0 saturated carbocycles. The van der Waals surface area contributed by atoms with E-state index < -0.39 is 14.9 Å². The van der Waals surface area contributed by atoms with Crippen LogP contribution in [0.5, 0.6) is 5.75 Å². The lowest BCUT2D eigenvalue weighted by atomic mass is 10.2. The Morgan fingerprint density at radius 2 is 1.94 bits per heavy atom. The summed E-state index contributed by atoms with van der Waals surface area (Å²) in [7, 11) is 1.63. The third kappa shape index (κ3) is 5.89. The first-order valence-electron chi connectivity index (χ1n) is 5.39. The number of rotatable bonds is 7. The maximum absolute atomic E-state index is 13.3. The molecule has 0 bridgehead atoms. The van der Waals surface area contributed by atoms with Gasteiger partial charge < -0.3 is 4.74 Å². The molecule has 0 unspecified atom stereocenters. The van der Waals surface area contributed by atoms with Gasteiger partial charge in [-0.05, 0) is 31.4 Å². The molecule has 0 radical (unpaired) electrons. The highest BCUT2D eigenvalue weighted by Gasteiger charge is 2.08. The van der Waals surface area contributed by atoms with Crippen molar-refractivity contribution in [3.05, 3.63) is 29.0 Å². The summed E-state index contributed by atoms with van der Waals surface area (Å²) in [5, 5.41) is 0.221. The van der Waals surface area contributed by atoms with Crippen molar-refractivity contribution >= 4 is 31.3 Å². The molecule has 0 aliphatic carbocycles. The number of para-hydroxylation sites is 1. The molecule has 0 spiro atoms. The van der Waals surface area contributed by atoms with Crippen LogP contribution in [-0.2, 0) is 9.05 Å². The highest BCUT2D eigenvalue weighted by Crippen LogP contribution is 2.27. The van der Waals surface area contributed by atoms with Crippen LogP contribution >= 0.6 is 22.3 Å². The summed E-state index contributed by atoms with van der Waals surface area (Å²) >= 11 is 5.77. The Balaban J connectivity index is 2.26. The van der Waals surface area contributed by atoms with Crippen molar-refractivity contribution < 1.29 is 17.5 Å². The van der Waals surface area contributed by atoms with Gasteiger partial charge in [0.15, 0.2) is 11.6 Å². The topological polar surface area (TPSA) is 43.4 Å². The number of ether oxygens (including phenoxy) is 1. The summed E-state index contributed by atoms with van der Waals surface area (Å²) < 4.78 is 39.8. The van der Waals surface area contributed by atoms with Crippen LogP contribution in [0, 0.1) is 5.82 Å². The maximum atomic E-state index is 13.3. The Morgan fingerprint density at radius 3 is 2.56 bits per heavy atom. The fraction of sp³-hybridized carbons (Fsp3) is 0.455. The van der Waals surface area contributed by atoms with Gasteiger partial charge in [0.2, 0.25) is 9.05 Å². The first-order valence-corrected chi connectivity index (χ1v) is 8.25. The van der Waals surface area contributed by atoms with Gasteiger partial charge in [0.1, 0.15) is 0 Å². The molecule has 0 atom stereocenters. The minimum absolute atomic E-state index is 0.0316. The van der Waals surface area contributed by atoms with Crippen molar-refractivity contribution in [1.82, 2.24) is 0 Å². The Morgan fingerprint density at radius 1 is 1.22 bits per heavy atom. The van der Waals surface area contributed by atoms with E-state index in [4.69, 9.17) is 27.0 Å². The number of halogens is 3. The van der Waals surface area contributed by atoms with E-state index in [9.17, 15) is 12.8 Å². The van der Waals surface area contributed by atoms with Crippen molar-refractivity contribution in [2.75, 3.05) is 12.4 Å². The minimum Gasteiger partial charge on any atom is -0.489 e. The monoisotopic (exact) mass is 314 g/mol. The second-order valence-electron chi connectivity index (χ2n) is 3.70. The molecule has 0 aliphatic heterocycles. The summed E-state index contributed by atoms with van der Waals surface area (Å²) in [6.07, 6.45) is 1.70. The van der Waals surface area contributed by atoms with E-state index in [1.165, 1.54) is 12.1 Å². The predicted molar refractivity (Wildman–Crippen MR) is 70.4 cm³/mol. The molecule has 18 heavy (non-hydrogen) atoms. The van der Waals surface area contributed by atoms with Gasteiger partial charge in [-0.2, -0.15) is 0 Å². The zero-order valence-corrected chi connectivity index (χ0v) is 11.9. The van der Waals surface area contributed by atoms with Crippen LogP contribution < -0.4 is 4.74 Å². The van der Waals surface area contributed by atoms with E-state index in [1.807, 2.05) is 0 Å². The number of unbranched alkanes of at least 4 members (excludes halogenated alkanes) is 2. The van der Waals surface area contributed by atoms with Crippen molar-refractivity contribution in [1.29, 1.82) is 0 Å². The van der Waals surface area contributed by atoms with Crippen LogP contribution in [0.3, 0.4) is 0 Å². The molecule has 102 valence electrons. The maximum Gasteiger partial charge on any atom is 0.232 e. The Bertz CT molecular complexity index is 471. The van der Waals surface area contributed by atoms with Gasteiger partial charge in [-0.3, -0.25) is 0 Å². The van der Waals surface area contributed by atoms with Gasteiger partial charge in [-0.15, -0.1) is 0 Å². The molecule has 1 aromatic carbocycles. The quantitative estimate of drug-likeness (QED) is 0.570. The van der Waals surface area contributed by atoms with E-state index in [-0.39, 0.29) is 23.1 Å². The zero-order valence-electron chi connectivity index (χ0n) is 9.53. The largest absolute Gasteiger partial charge is 0.489 e. The first kappa shape index (κ1) is 15.5. The lowest BCUT2D eigenvalue weighted by molar-refractivity contribution is 0.292. The molecule has 0 aromatic heterocycles. The molecule has 0 saturated heterocycles. The first-order chi connectivity index (χ1) is 8.40. The van der Waals surface area contributed by atoms with Crippen LogP contribution in [0.4, 0.5) is 4.39 Å². The van der Waals surface area contributed by atoms with Crippen LogP contribution in [0.2, 0.25) is 5.02 Å². The molecule has 3 nitrogen and oxygen atoms in total. The van der Waals surface area contributed by atoms with Crippen molar-refractivity contribution in [3.8, 4) is 5.75 Å². The van der Waals surface area contributed by atoms with Crippen LogP contribution in [0.1, 0.15) is 19.3 Å².